The van der Waals surface area contributed by atoms with Gasteiger partial charge in [0.2, 0.25) is 0 Å². The van der Waals surface area contributed by atoms with Gasteiger partial charge in [0.25, 0.3) is 0 Å². The SMILES string of the molecule is CN(Cc1ccc(Cl)cc1Cl)CC1(O)CCC(C(=O)O)CC1. The van der Waals surface area contributed by atoms with E-state index in [4.69, 9.17) is 28.3 Å². The molecule has 122 valence electrons. The smallest absolute Gasteiger partial charge is 0.306 e. The largest absolute Gasteiger partial charge is 0.481 e. The molecule has 1 fully saturated rings. The highest BCUT2D eigenvalue weighted by atomic mass is 35.5. The predicted molar refractivity (Wildman–Crippen MR) is 87.3 cm³/mol. The fraction of sp³-hybridized carbons (Fsp3) is 0.562. The number of likely N-dealkylation sites (N-methyl/N-ethyl adjacent to an activating group) is 1. The van der Waals surface area contributed by atoms with Gasteiger partial charge in [0.05, 0.1) is 11.5 Å². The monoisotopic (exact) mass is 345 g/mol. The molecule has 1 aliphatic carbocycles. The fourth-order valence-electron chi connectivity index (χ4n) is 3.06. The van der Waals surface area contributed by atoms with Crippen LogP contribution in [0, 0.1) is 5.92 Å². The standard InChI is InChI=1S/C16H21Cl2NO3/c1-19(9-12-2-3-13(17)8-14(12)18)10-16(22)6-4-11(5-7-16)15(20)21/h2-3,8,11,22H,4-7,9-10H2,1H3,(H,20,21). The van der Waals surface area contributed by atoms with E-state index in [9.17, 15) is 9.90 Å². The second kappa shape index (κ2) is 7.18. The third-order valence-corrected chi connectivity index (χ3v) is 4.87. The quantitative estimate of drug-likeness (QED) is 0.858. The maximum atomic E-state index is 11.0. The molecule has 0 radical (unpaired) electrons. The van der Waals surface area contributed by atoms with Crippen molar-refractivity contribution < 1.29 is 15.0 Å². The first-order valence-corrected chi connectivity index (χ1v) is 8.12. The van der Waals surface area contributed by atoms with E-state index in [2.05, 4.69) is 0 Å². The third kappa shape index (κ3) is 4.59. The van der Waals surface area contributed by atoms with Crippen LogP contribution in [0.5, 0.6) is 0 Å². The minimum atomic E-state index is -0.820. The molecule has 0 spiro atoms. The minimum Gasteiger partial charge on any atom is -0.481 e. The molecule has 1 aliphatic rings. The molecule has 0 atom stereocenters. The second-order valence-corrected chi connectivity index (χ2v) is 7.09. The number of carboxylic acids is 1. The predicted octanol–water partition coefficient (Wildman–Crippen LogP) is 3.43. The van der Waals surface area contributed by atoms with Crippen molar-refractivity contribution >= 4 is 29.2 Å². The van der Waals surface area contributed by atoms with Gasteiger partial charge in [-0.3, -0.25) is 9.69 Å². The van der Waals surface area contributed by atoms with Gasteiger partial charge in [0.15, 0.2) is 0 Å². The number of hydrogen-bond donors (Lipinski definition) is 2. The van der Waals surface area contributed by atoms with Crippen LogP contribution in [-0.2, 0) is 11.3 Å². The van der Waals surface area contributed by atoms with Gasteiger partial charge in [-0.15, -0.1) is 0 Å². The first-order chi connectivity index (χ1) is 10.3. The molecule has 0 heterocycles. The molecule has 0 aromatic heterocycles. The summed E-state index contributed by atoms with van der Waals surface area (Å²) in [5, 5.41) is 20.9. The fourth-order valence-corrected chi connectivity index (χ4v) is 3.53. The number of aliphatic hydroxyl groups is 1. The average Bonchev–Trinajstić information content (AvgIpc) is 2.42. The van der Waals surface area contributed by atoms with Crippen molar-refractivity contribution in [2.24, 2.45) is 5.92 Å². The van der Waals surface area contributed by atoms with Gasteiger partial charge in [-0.25, -0.2) is 0 Å². The zero-order valence-electron chi connectivity index (χ0n) is 12.6. The maximum absolute atomic E-state index is 11.0. The Kier molecular flexibility index (Phi) is 5.72. The Balaban J connectivity index is 1.91. The summed E-state index contributed by atoms with van der Waals surface area (Å²) in [5.74, 6) is -1.08. The summed E-state index contributed by atoms with van der Waals surface area (Å²) in [7, 11) is 1.92. The Morgan fingerprint density at radius 3 is 2.55 bits per heavy atom. The first kappa shape index (κ1) is 17.5. The van der Waals surface area contributed by atoms with E-state index in [0.29, 0.717) is 48.8 Å². The lowest BCUT2D eigenvalue weighted by Gasteiger charge is -2.37. The van der Waals surface area contributed by atoms with E-state index in [1.54, 1.807) is 12.1 Å². The number of nitrogens with zero attached hydrogens (tertiary/aromatic N) is 1. The summed E-state index contributed by atoms with van der Waals surface area (Å²) in [6, 6.07) is 5.38. The number of rotatable bonds is 5. The Hall–Kier alpha value is -0.810. The number of halogens is 2. The lowest BCUT2D eigenvalue weighted by molar-refractivity contribution is -0.145. The zero-order valence-corrected chi connectivity index (χ0v) is 14.1. The number of carboxylic acid groups (broad SMARTS) is 1. The van der Waals surface area contributed by atoms with Crippen LogP contribution >= 0.6 is 23.2 Å². The van der Waals surface area contributed by atoms with Crippen LogP contribution in [0.1, 0.15) is 31.2 Å². The molecule has 0 saturated heterocycles. The van der Waals surface area contributed by atoms with Crippen molar-refractivity contribution in [2.45, 2.75) is 37.8 Å². The first-order valence-electron chi connectivity index (χ1n) is 7.37. The van der Waals surface area contributed by atoms with E-state index >= 15 is 0 Å². The highest BCUT2D eigenvalue weighted by molar-refractivity contribution is 6.35. The summed E-state index contributed by atoms with van der Waals surface area (Å²) >= 11 is 12.1. The van der Waals surface area contributed by atoms with Crippen molar-refractivity contribution in [3.8, 4) is 0 Å². The van der Waals surface area contributed by atoms with Crippen molar-refractivity contribution in [1.82, 2.24) is 4.90 Å². The van der Waals surface area contributed by atoms with Crippen LogP contribution < -0.4 is 0 Å². The number of benzene rings is 1. The van der Waals surface area contributed by atoms with Crippen LogP contribution in [-0.4, -0.2) is 40.3 Å². The van der Waals surface area contributed by atoms with Crippen LogP contribution in [0.25, 0.3) is 0 Å². The molecule has 2 N–H and O–H groups in total. The van der Waals surface area contributed by atoms with Crippen LogP contribution in [0.3, 0.4) is 0 Å². The number of aliphatic carboxylic acids is 1. The van der Waals surface area contributed by atoms with E-state index in [1.807, 2.05) is 18.0 Å². The van der Waals surface area contributed by atoms with Gasteiger partial charge in [-0.05, 0) is 50.4 Å². The van der Waals surface area contributed by atoms with Crippen molar-refractivity contribution in [1.29, 1.82) is 0 Å². The van der Waals surface area contributed by atoms with Crippen LogP contribution in [0.2, 0.25) is 10.0 Å². The second-order valence-electron chi connectivity index (χ2n) is 6.24. The van der Waals surface area contributed by atoms with Crippen LogP contribution in [0.15, 0.2) is 18.2 Å². The Labute approximate surface area is 140 Å². The Morgan fingerprint density at radius 2 is 2.00 bits per heavy atom. The molecular weight excluding hydrogens is 325 g/mol. The van der Waals surface area contributed by atoms with Gasteiger partial charge >= 0.3 is 5.97 Å². The molecule has 1 saturated carbocycles. The third-order valence-electron chi connectivity index (χ3n) is 4.29. The molecule has 0 unspecified atom stereocenters. The number of hydrogen-bond acceptors (Lipinski definition) is 3. The summed E-state index contributed by atoms with van der Waals surface area (Å²) in [6.07, 6.45) is 2.09. The highest BCUT2D eigenvalue weighted by Crippen LogP contribution is 2.33. The summed E-state index contributed by atoms with van der Waals surface area (Å²) in [4.78, 5) is 13.0. The van der Waals surface area contributed by atoms with E-state index in [1.165, 1.54) is 0 Å². The lowest BCUT2D eigenvalue weighted by Crippen LogP contribution is -2.44. The normalized spacial score (nSPS) is 25.4. The Bertz CT molecular complexity index is 542. The maximum Gasteiger partial charge on any atom is 0.306 e. The molecule has 2 rings (SSSR count). The summed E-state index contributed by atoms with van der Waals surface area (Å²) in [6.45, 7) is 1.11. The van der Waals surface area contributed by atoms with Crippen molar-refractivity contribution in [2.75, 3.05) is 13.6 Å². The molecule has 0 bridgehead atoms. The minimum absolute atomic E-state index is 0.323. The summed E-state index contributed by atoms with van der Waals surface area (Å²) in [5.41, 5.74) is 0.135. The van der Waals surface area contributed by atoms with Gasteiger partial charge in [-0.1, -0.05) is 29.3 Å². The highest BCUT2D eigenvalue weighted by Gasteiger charge is 2.36. The summed E-state index contributed by atoms with van der Waals surface area (Å²) < 4.78 is 0. The van der Waals surface area contributed by atoms with Gasteiger partial charge in [-0.2, -0.15) is 0 Å². The Morgan fingerprint density at radius 1 is 1.36 bits per heavy atom. The van der Waals surface area contributed by atoms with Crippen molar-refractivity contribution in [3.63, 3.8) is 0 Å². The average molecular weight is 346 g/mol. The molecule has 0 aliphatic heterocycles. The van der Waals surface area contributed by atoms with Crippen molar-refractivity contribution in [3.05, 3.63) is 33.8 Å². The molecule has 4 nitrogen and oxygen atoms in total. The van der Waals surface area contributed by atoms with Crippen LogP contribution in [0.4, 0.5) is 0 Å². The molecule has 22 heavy (non-hydrogen) atoms. The van der Waals surface area contributed by atoms with Gasteiger partial charge in [0, 0.05) is 23.1 Å². The topological polar surface area (TPSA) is 60.8 Å². The van der Waals surface area contributed by atoms with E-state index in [-0.39, 0.29) is 5.92 Å². The zero-order chi connectivity index (χ0) is 16.3. The molecular formula is C16H21Cl2NO3. The number of carbonyl (C=O) groups is 1. The molecule has 6 heteroatoms. The van der Waals surface area contributed by atoms with E-state index < -0.39 is 11.6 Å². The molecule has 0 amide bonds. The van der Waals surface area contributed by atoms with Gasteiger partial charge < -0.3 is 10.2 Å². The van der Waals surface area contributed by atoms with Gasteiger partial charge in [0.1, 0.15) is 0 Å². The lowest BCUT2D eigenvalue weighted by atomic mass is 9.78. The molecule has 1 aromatic rings. The van der Waals surface area contributed by atoms with E-state index in [0.717, 1.165) is 5.56 Å². The molecule has 1 aromatic carbocycles.